The first-order valence-corrected chi connectivity index (χ1v) is 10.8. The van der Waals surface area contributed by atoms with E-state index >= 15 is 0 Å². The predicted octanol–water partition coefficient (Wildman–Crippen LogP) is 2.58. The van der Waals surface area contributed by atoms with Crippen LogP contribution in [0.3, 0.4) is 0 Å². The number of hydrogen-bond acceptors (Lipinski definition) is 7. The SMILES string of the molecule is COC(=O)[C@@H](NC(=O)c1ccc(OCC=CC#CCCO)cc1)C(C)(C)NC(=O)OC(C)(C)C. The van der Waals surface area contributed by atoms with Gasteiger partial charge in [0.2, 0.25) is 0 Å². The number of methoxy groups -OCH3 is 1. The summed E-state index contributed by atoms with van der Waals surface area (Å²) in [6, 6.07) is 5.18. The molecule has 0 saturated carbocycles. The first-order valence-electron chi connectivity index (χ1n) is 10.8. The van der Waals surface area contributed by atoms with Crippen molar-refractivity contribution in [2.24, 2.45) is 0 Å². The number of aliphatic hydroxyl groups excluding tert-OH is 1. The number of rotatable bonds is 9. The van der Waals surface area contributed by atoms with Crippen LogP contribution < -0.4 is 15.4 Å². The molecule has 0 heterocycles. The van der Waals surface area contributed by atoms with Gasteiger partial charge in [-0.1, -0.05) is 11.8 Å². The molecule has 0 radical (unpaired) electrons. The van der Waals surface area contributed by atoms with Crippen molar-refractivity contribution in [3.63, 3.8) is 0 Å². The molecule has 1 rings (SSSR count). The summed E-state index contributed by atoms with van der Waals surface area (Å²) >= 11 is 0. The lowest BCUT2D eigenvalue weighted by Crippen LogP contribution is -2.62. The molecule has 0 bridgehead atoms. The molecule has 2 amide bonds. The molecule has 0 aliphatic heterocycles. The van der Waals surface area contributed by atoms with E-state index in [1.54, 1.807) is 71.0 Å². The highest BCUT2D eigenvalue weighted by atomic mass is 16.6. The van der Waals surface area contributed by atoms with E-state index in [-0.39, 0.29) is 13.2 Å². The standard InChI is InChI=1S/C25H34N2O7/c1-24(2,3)34-23(31)27-25(4,5)20(22(30)32-6)26-21(29)18-12-14-19(15-13-18)33-17-11-9-7-8-10-16-28/h9,11-15,20,28H,10,16-17H2,1-6H3,(H,26,29)(H,27,31)/t20-/m1/s1. The van der Waals surface area contributed by atoms with Crippen LogP contribution in [0.2, 0.25) is 0 Å². The Bertz CT molecular complexity index is 919. The summed E-state index contributed by atoms with van der Waals surface area (Å²) in [5, 5.41) is 13.9. The zero-order valence-corrected chi connectivity index (χ0v) is 20.6. The Balaban J connectivity index is 2.81. The van der Waals surface area contributed by atoms with Gasteiger partial charge in [0.05, 0.1) is 19.3 Å². The first-order chi connectivity index (χ1) is 15.9. The molecule has 186 valence electrons. The second kappa shape index (κ2) is 13.3. The van der Waals surface area contributed by atoms with Gasteiger partial charge < -0.3 is 30.0 Å². The van der Waals surface area contributed by atoms with Crippen LogP contribution in [0.1, 0.15) is 51.4 Å². The fourth-order valence-electron chi connectivity index (χ4n) is 2.65. The van der Waals surface area contributed by atoms with E-state index in [0.717, 1.165) is 0 Å². The monoisotopic (exact) mass is 474 g/mol. The Morgan fingerprint density at radius 1 is 1.12 bits per heavy atom. The lowest BCUT2D eigenvalue weighted by Gasteiger charge is -2.34. The summed E-state index contributed by atoms with van der Waals surface area (Å²) in [4.78, 5) is 37.4. The van der Waals surface area contributed by atoms with Gasteiger partial charge in [0.1, 0.15) is 24.0 Å². The van der Waals surface area contributed by atoms with Gasteiger partial charge in [-0.05, 0) is 71.0 Å². The van der Waals surface area contributed by atoms with Gasteiger partial charge in [-0.15, -0.1) is 0 Å². The second-order valence-corrected chi connectivity index (χ2v) is 8.81. The lowest BCUT2D eigenvalue weighted by molar-refractivity contribution is -0.144. The van der Waals surface area contributed by atoms with Crippen LogP contribution in [0.15, 0.2) is 36.4 Å². The first kappa shape index (κ1) is 28.5. The van der Waals surface area contributed by atoms with E-state index in [9.17, 15) is 14.4 Å². The zero-order chi connectivity index (χ0) is 25.8. The molecule has 9 heteroatoms. The molecule has 0 unspecified atom stereocenters. The van der Waals surface area contributed by atoms with E-state index in [4.69, 9.17) is 19.3 Å². The van der Waals surface area contributed by atoms with Crippen LogP contribution >= 0.6 is 0 Å². The maximum atomic E-state index is 12.8. The summed E-state index contributed by atoms with van der Waals surface area (Å²) < 4.78 is 15.6. The Morgan fingerprint density at radius 2 is 1.76 bits per heavy atom. The van der Waals surface area contributed by atoms with E-state index in [2.05, 4.69) is 22.5 Å². The number of carbonyl (C=O) groups is 3. The second-order valence-electron chi connectivity index (χ2n) is 8.81. The number of ether oxygens (including phenoxy) is 3. The number of nitrogens with one attached hydrogen (secondary N) is 2. The van der Waals surface area contributed by atoms with Crippen LogP contribution in [0.4, 0.5) is 4.79 Å². The van der Waals surface area contributed by atoms with Crippen molar-refractivity contribution in [3.05, 3.63) is 42.0 Å². The topological polar surface area (TPSA) is 123 Å². The average Bonchev–Trinajstić information content (AvgIpc) is 2.74. The van der Waals surface area contributed by atoms with E-state index in [1.807, 2.05) is 0 Å². The van der Waals surface area contributed by atoms with E-state index in [0.29, 0.717) is 17.7 Å². The third-order valence-corrected chi connectivity index (χ3v) is 4.26. The molecular formula is C25H34N2O7. The normalized spacial score (nSPS) is 12.2. The Labute approximate surface area is 200 Å². The molecule has 34 heavy (non-hydrogen) atoms. The lowest BCUT2D eigenvalue weighted by atomic mass is 9.94. The Hall–Kier alpha value is -3.51. The fourth-order valence-corrected chi connectivity index (χ4v) is 2.65. The number of hydrogen-bond donors (Lipinski definition) is 3. The summed E-state index contributed by atoms with van der Waals surface area (Å²) in [5.74, 6) is 4.83. The zero-order valence-electron chi connectivity index (χ0n) is 20.6. The van der Waals surface area contributed by atoms with Gasteiger partial charge in [0, 0.05) is 12.0 Å². The van der Waals surface area contributed by atoms with E-state index in [1.165, 1.54) is 7.11 Å². The number of esters is 1. The molecule has 3 N–H and O–H groups in total. The number of aliphatic hydroxyl groups is 1. The highest BCUT2D eigenvalue weighted by molar-refractivity contribution is 5.97. The van der Waals surface area contributed by atoms with Gasteiger partial charge in [0.25, 0.3) is 5.91 Å². The van der Waals surface area contributed by atoms with Crippen molar-refractivity contribution in [2.45, 2.75) is 58.2 Å². The van der Waals surface area contributed by atoms with Crippen LogP contribution in [0.5, 0.6) is 5.75 Å². The molecule has 0 aromatic heterocycles. The highest BCUT2D eigenvalue weighted by Gasteiger charge is 2.39. The number of alkyl carbamates (subject to hydrolysis) is 1. The van der Waals surface area contributed by atoms with Crippen LogP contribution in [0, 0.1) is 11.8 Å². The third kappa shape index (κ3) is 10.4. The largest absolute Gasteiger partial charge is 0.490 e. The maximum Gasteiger partial charge on any atom is 0.408 e. The van der Waals surface area contributed by atoms with Crippen molar-refractivity contribution >= 4 is 18.0 Å². The quantitative estimate of drug-likeness (QED) is 0.371. The van der Waals surface area contributed by atoms with Crippen LogP contribution in [-0.2, 0) is 14.3 Å². The molecule has 0 aliphatic carbocycles. The Kier molecular flexibility index (Phi) is 11.1. The van der Waals surface area contributed by atoms with Crippen molar-refractivity contribution in [2.75, 3.05) is 20.3 Å². The van der Waals surface area contributed by atoms with Crippen LogP contribution in [-0.4, -0.2) is 60.6 Å². The third-order valence-electron chi connectivity index (χ3n) is 4.26. The summed E-state index contributed by atoms with van der Waals surface area (Å²) in [6.07, 6.45) is 3.05. The molecule has 0 fully saturated rings. The molecule has 0 aliphatic rings. The number of allylic oxidation sites excluding steroid dienone is 1. The number of benzene rings is 1. The minimum atomic E-state index is -1.21. The molecule has 9 nitrogen and oxygen atoms in total. The van der Waals surface area contributed by atoms with Crippen molar-refractivity contribution < 1.29 is 33.7 Å². The number of amides is 2. The average molecular weight is 475 g/mol. The van der Waals surface area contributed by atoms with Crippen LogP contribution in [0.25, 0.3) is 0 Å². The van der Waals surface area contributed by atoms with Gasteiger partial charge in [0.15, 0.2) is 0 Å². The molecule has 1 aromatic carbocycles. The maximum absolute atomic E-state index is 12.8. The highest BCUT2D eigenvalue weighted by Crippen LogP contribution is 2.16. The van der Waals surface area contributed by atoms with Crippen molar-refractivity contribution in [1.29, 1.82) is 0 Å². The minimum absolute atomic E-state index is 0.0232. The van der Waals surface area contributed by atoms with Crippen molar-refractivity contribution in [1.82, 2.24) is 10.6 Å². The number of carbonyl (C=O) groups excluding carboxylic acids is 3. The van der Waals surface area contributed by atoms with Gasteiger partial charge in [-0.3, -0.25) is 4.79 Å². The van der Waals surface area contributed by atoms with Gasteiger partial charge in [-0.2, -0.15) is 0 Å². The Morgan fingerprint density at radius 3 is 2.32 bits per heavy atom. The minimum Gasteiger partial charge on any atom is -0.490 e. The molecule has 1 aromatic rings. The predicted molar refractivity (Wildman–Crippen MR) is 127 cm³/mol. The summed E-state index contributed by atoms with van der Waals surface area (Å²) in [5.41, 5.74) is -1.64. The summed E-state index contributed by atoms with van der Waals surface area (Å²) in [6.45, 7) is 8.63. The molecule has 0 saturated heterocycles. The van der Waals surface area contributed by atoms with Gasteiger partial charge >= 0.3 is 12.1 Å². The summed E-state index contributed by atoms with van der Waals surface area (Å²) in [7, 11) is 1.20. The smallest absolute Gasteiger partial charge is 0.408 e. The van der Waals surface area contributed by atoms with Crippen molar-refractivity contribution in [3.8, 4) is 17.6 Å². The molecule has 1 atom stereocenters. The molecular weight excluding hydrogens is 440 g/mol. The van der Waals surface area contributed by atoms with Gasteiger partial charge in [-0.25, -0.2) is 9.59 Å². The fraction of sp³-hybridized carbons (Fsp3) is 0.480. The van der Waals surface area contributed by atoms with E-state index < -0.39 is 35.2 Å². The molecule has 0 spiro atoms.